The molecule has 2 N–H and O–H groups in total. The fourth-order valence-corrected chi connectivity index (χ4v) is 3.05. The average Bonchev–Trinajstić information content (AvgIpc) is 3.33. The van der Waals surface area contributed by atoms with E-state index in [4.69, 9.17) is 14.5 Å². The molecule has 2 heterocycles. The molecule has 1 saturated heterocycles. The molecule has 0 radical (unpaired) electrons. The molecule has 1 aliphatic rings. The summed E-state index contributed by atoms with van der Waals surface area (Å²) >= 11 is 0. The van der Waals surface area contributed by atoms with Crippen LogP contribution in [0.3, 0.4) is 0 Å². The minimum atomic E-state index is 0.236. The first-order valence-electron chi connectivity index (χ1n) is 9.86. The molecule has 1 aromatic carbocycles. The Labute approximate surface area is 166 Å². The third-order valence-electron chi connectivity index (χ3n) is 4.80. The van der Waals surface area contributed by atoms with E-state index in [-0.39, 0.29) is 6.10 Å². The molecule has 1 atom stereocenters. The summed E-state index contributed by atoms with van der Waals surface area (Å²) in [6, 6.07) is 7.99. The second-order valence-electron chi connectivity index (χ2n) is 6.80. The van der Waals surface area contributed by atoms with Crippen molar-refractivity contribution in [1.29, 1.82) is 0 Å². The number of aliphatic imine (C=N–C) groups is 1. The van der Waals surface area contributed by atoms with Crippen molar-refractivity contribution in [2.24, 2.45) is 12.0 Å². The van der Waals surface area contributed by atoms with Crippen molar-refractivity contribution in [1.82, 2.24) is 25.4 Å². The Balaban J connectivity index is 1.67. The number of hydrogen-bond donors (Lipinski definition) is 2. The van der Waals surface area contributed by atoms with Gasteiger partial charge in [0.2, 0.25) is 0 Å². The summed E-state index contributed by atoms with van der Waals surface area (Å²) in [5.41, 5.74) is 1.05. The van der Waals surface area contributed by atoms with Crippen molar-refractivity contribution < 1.29 is 9.47 Å². The number of aryl methyl sites for hydroxylation is 1. The molecule has 0 spiro atoms. The second-order valence-corrected chi connectivity index (χ2v) is 6.80. The molecule has 1 aromatic heterocycles. The van der Waals surface area contributed by atoms with Crippen LogP contribution in [0.15, 0.2) is 29.3 Å². The highest BCUT2D eigenvalue weighted by atomic mass is 16.5. The van der Waals surface area contributed by atoms with Gasteiger partial charge in [-0.1, -0.05) is 18.2 Å². The topological polar surface area (TPSA) is 85.6 Å². The molecule has 1 unspecified atom stereocenters. The summed E-state index contributed by atoms with van der Waals surface area (Å²) in [5, 5.41) is 15.1. The Hall–Kier alpha value is -2.61. The second kappa shape index (κ2) is 10.1. The van der Waals surface area contributed by atoms with Crippen LogP contribution in [0.25, 0.3) is 0 Å². The molecular formula is C20H30N6O2. The SMILES string of the molecule is CCOc1ccccc1CN=C(NCc1nnc(C)n1C)NCC1CCCO1. The first-order chi connectivity index (χ1) is 13.7. The molecule has 152 valence electrons. The quantitative estimate of drug-likeness (QED) is 0.533. The van der Waals surface area contributed by atoms with Gasteiger partial charge in [0.05, 0.1) is 25.8 Å². The van der Waals surface area contributed by atoms with E-state index in [0.29, 0.717) is 19.7 Å². The molecule has 8 nitrogen and oxygen atoms in total. The molecule has 0 aliphatic carbocycles. The first kappa shape index (κ1) is 20.1. The van der Waals surface area contributed by atoms with Crippen molar-refractivity contribution >= 4 is 5.96 Å². The zero-order chi connectivity index (χ0) is 19.8. The molecule has 28 heavy (non-hydrogen) atoms. The van der Waals surface area contributed by atoms with Crippen LogP contribution < -0.4 is 15.4 Å². The number of aromatic nitrogens is 3. The third-order valence-corrected chi connectivity index (χ3v) is 4.80. The van der Waals surface area contributed by atoms with Gasteiger partial charge in [-0.3, -0.25) is 0 Å². The van der Waals surface area contributed by atoms with Gasteiger partial charge in [0.15, 0.2) is 11.8 Å². The van der Waals surface area contributed by atoms with Crippen LogP contribution in [0.2, 0.25) is 0 Å². The van der Waals surface area contributed by atoms with Crippen LogP contribution in [0.4, 0.5) is 0 Å². The number of benzene rings is 1. The minimum Gasteiger partial charge on any atom is -0.494 e. The fourth-order valence-electron chi connectivity index (χ4n) is 3.05. The van der Waals surface area contributed by atoms with Gasteiger partial charge in [-0.25, -0.2) is 4.99 Å². The van der Waals surface area contributed by atoms with Crippen molar-refractivity contribution in [2.75, 3.05) is 19.8 Å². The van der Waals surface area contributed by atoms with Crippen molar-refractivity contribution in [3.8, 4) is 5.75 Å². The highest BCUT2D eigenvalue weighted by Gasteiger charge is 2.16. The highest BCUT2D eigenvalue weighted by molar-refractivity contribution is 5.79. The lowest BCUT2D eigenvalue weighted by molar-refractivity contribution is 0.113. The standard InChI is InChI=1S/C20H30N6O2/c1-4-27-18-10-6-5-8-16(18)12-21-20(22-13-17-9-7-11-28-17)23-14-19-25-24-15(2)26(19)3/h5-6,8,10,17H,4,7,9,11-14H2,1-3H3,(H2,21,22,23). The zero-order valence-corrected chi connectivity index (χ0v) is 16.9. The first-order valence-corrected chi connectivity index (χ1v) is 9.86. The van der Waals surface area contributed by atoms with Gasteiger partial charge < -0.3 is 24.7 Å². The number of nitrogens with zero attached hydrogens (tertiary/aromatic N) is 4. The normalized spacial score (nSPS) is 17.0. The molecular weight excluding hydrogens is 356 g/mol. The molecule has 3 rings (SSSR count). The molecule has 0 saturated carbocycles. The van der Waals surface area contributed by atoms with Gasteiger partial charge in [0.25, 0.3) is 0 Å². The number of rotatable bonds is 8. The summed E-state index contributed by atoms with van der Waals surface area (Å²) in [5.74, 6) is 3.34. The summed E-state index contributed by atoms with van der Waals surface area (Å²) < 4.78 is 13.4. The number of guanidine groups is 1. The van der Waals surface area contributed by atoms with Gasteiger partial charge >= 0.3 is 0 Å². The molecule has 1 aliphatic heterocycles. The fraction of sp³-hybridized carbons (Fsp3) is 0.550. The predicted octanol–water partition coefficient (Wildman–Crippen LogP) is 1.94. The van der Waals surface area contributed by atoms with Gasteiger partial charge in [0.1, 0.15) is 11.6 Å². The molecule has 2 aromatic rings. The lowest BCUT2D eigenvalue weighted by Gasteiger charge is -2.16. The Morgan fingerprint density at radius 1 is 1.32 bits per heavy atom. The molecule has 0 amide bonds. The predicted molar refractivity (Wildman–Crippen MR) is 108 cm³/mol. The summed E-state index contributed by atoms with van der Waals surface area (Å²) in [4.78, 5) is 4.75. The van der Waals surface area contributed by atoms with E-state index in [1.807, 2.05) is 49.7 Å². The minimum absolute atomic E-state index is 0.236. The van der Waals surface area contributed by atoms with Crippen molar-refractivity contribution in [3.63, 3.8) is 0 Å². The third kappa shape index (κ3) is 5.45. The molecule has 1 fully saturated rings. The number of ether oxygens (including phenoxy) is 2. The van der Waals surface area contributed by atoms with E-state index < -0.39 is 0 Å². The Bertz CT molecular complexity index is 783. The Kier molecular flexibility index (Phi) is 7.25. The average molecular weight is 387 g/mol. The maximum atomic E-state index is 5.71. The molecule has 0 bridgehead atoms. The Morgan fingerprint density at radius 3 is 2.89 bits per heavy atom. The van der Waals surface area contributed by atoms with E-state index in [1.54, 1.807) is 0 Å². The van der Waals surface area contributed by atoms with E-state index in [0.717, 1.165) is 54.9 Å². The number of hydrogen-bond acceptors (Lipinski definition) is 5. The lowest BCUT2D eigenvalue weighted by atomic mass is 10.2. The maximum Gasteiger partial charge on any atom is 0.192 e. The summed E-state index contributed by atoms with van der Waals surface area (Å²) in [6.07, 6.45) is 2.43. The van der Waals surface area contributed by atoms with Gasteiger partial charge in [-0.2, -0.15) is 0 Å². The van der Waals surface area contributed by atoms with Crippen LogP contribution in [0.5, 0.6) is 5.75 Å². The molecule has 8 heteroatoms. The van der Waals surface area contributed by atoms with Crippen molar-refractivity contribution in [3.05, 3.63) is 41.5 Å². The van der Waals surface area contributed by atoms with E-state index in [1.165, 1.54) is 0 Å². The van der Waals surface area contributed by atoms with Crippen LogP contribution in [-0.2, 0) is 24.9 Å². The maximum absolute atomic E-state index is 5.71. The van der Waals surface area contributed by atoms with Gasteiger partial charge in [0, 0.05) is 25.8 Å². The smallest absolute Gasteiger partial charge is 0.192 e. The largest absolute Gasteiger partial charge is 0.494 e. The van der Waals surface area contributed by atoms with Crippen LogP contribution in [0.1, 0.15) is 37.0 Å². The van der Waals surface area contributed by atoms with Gasteiger partial charge in [-0.15, -0.1) is 10.2 Å². The number of nitrogens with one attached hydrogen (secondary N) is 2. The Morgan fingerprint density at radius 2 is 2.18 bits per heavy atom. The van der Waals surface area contributed by atoms with Crippen LogP contribution >= 0.6 is 0 Å². The monoisotopic (exact) mass is 386 g/mol. The number of para-hydroxylation sites is 1. The van der Waals surface area contributed by atoms with Crippen molar-refractivity contribution in [2.45, 2.75) is 45.9 Å². The van der Waals surface area contributed by atoms with Gasteiger partial charge in [-0.05, 0) is 32.8 Å². The van der Waals surface area contributed by atoms with E-state index in [2.05, 4.69) is 20.8 Å². The zero-order valence-electron chi connectivity index (χ0n) is 16.9. The highest BCUT2D eigenvalue weighted by Crippen LogP contribution is 2.18. The van der Waals surface area contributed by atoms with E-state index in [9.17, 15) is 0 Å². The van der Waals surface area contributed by atoms with E-state index >= 15 is 0 Å². The van der Waals surface area contributed by atoms with Crippen LogP contribution in [0, 0.1) is 6.92 Å². The summed E-state index contributed by atoms with van der Waals surface area (Å²) in [7, 11) is 1.96. The summed E-state index contributed by atoms with van der Waals surface area (Å²) in [6.45, 7) is 7.19. The van der Waals surface area contributed by atoms with Crippen LogP contribution in [-0.4, -0.2) is 46.6 Å². The lowest BCUT2D eigenvalue weighted by Crippen LogP contribution is -2.41.